The number of pyridine rings is 8. The summed E-state index contributed by atoms with van der Waals surface area (Å²) in [6.07, 6.45) is 18.0. The van der Waals surface area contributed by atoms with Crippen LogP contribution in [0.15, 0.2) is 104 Å². The van der Waals surface area contributed by atoms with E-state index in [0.29, 0.717) is 0 Å². The number of hydrogen-bond donors (Lipinski definition) is 0. The Morgan fingerprint density at radius 1 is 0.168 bits per heavy atom. The summed E-state index contributed by atoms with van der Waals surface area (Å²) in [4.78, 5) is 58.2. The van der Waals surface area contributed by atoms with Gasteiger partial charge in [0, 0.05) is 130 Å². The van der Waals surface area contributed by atoms with Gasteiger partial charge in [0.2, 0.25) is 0 Å². The van der Waals surface area contributed by atoms with Crippen molar-refractivity contribution in [2.45, 2.75) is 242 Å². The highest BCUT2D eigenvalue weighted by molar-refractivity contribution is 5.37. The van der Waals surface area contributed by atoms with E-state index in [9.17, 15) is 0 Å². The van der Waals surface area contributed by atoms with Crippen molar-refractivity contribution in [2.75, 3.05) is 0 Å². The Morgan fingerprint density at radius 3 is 0.931 bits per heavy atom. The summed E-state index contributed by atoms with van der Waals surface area (Å²) in [6, 6.07) is 14.7. The second kappa shape index (κ2) is 45.3. The van der Waals surface area contributed by atoms with E-state index in [1.54, 1.807) is 37.2 Å². The van der Waals surface area contributed by atoms with E-state index in [1.165, 1.54) is 94.6 Å². The van der Waals surface area contributed by atoms with Crippen LogP contribution in [0.4, 0.5) is 0 Å². The molecular formula is C87H122N14. The molecule has 14 nitrogen and oxygen atoms in total. The van der Waals surface area contributed by atoms with Crippen LogP contribution < -0.4 is 0 Å². The van der Waals surface area contributed by atoms with Gasteiger partial charge in [0.25, 0.3) is 0 Å². The first-order valence-corrected chi connectivity index (χ1v) is 34.5. The largest absolute Gasteiger partial charge is 0.261 e. The van der Waals surface area contributed by atoms with Crippen LogP contribution in [0.25, 0.3) is 0 Å². The van der Waals surface area contributed by atoms with Gasteiger partial charge in [-0.05, 0) is 367 Å². The molecular weight excluding hydrogens is 1240 g/mol. The molecule has 11 rings (SSSR count). The number of aryl methyl sites for hydroxylation is 28. The zero-order chi connectivity index (χ0) is 77.1. The molecule has 0 aliphatic rings. The standard InChI is InChI=1S/C10H15N.3C9H13N.4C8H11N.3C6H8N2/c1-6-7(2)9(4)11-10(5)8(6)3;1-6-5-10-9(4)8(3)7(6)2;1-6-5-7(2)10-9(4)8(6)3;1-6-5-7(2)9(4)10-8(6)3;1-6-4-8(3)9-5-7(6)2;1-6-4-7(2)8(3)9-5-6;1-6-4-7(2)9-8(3)5-6;1-6-4-5-9-8(3)7(6)2;1-5-3-8-6(2)4-7-5;1-5-3-7-4-6(2)8-5;1-5-6(2)8-4-3-7-5/h1-5H3;3*5H,1-4H3;4*4-5H,1-3H3;3*3-4H,1-2H3. The summed E-state index contributed by atoms with van der Waals surface area (Å²) in [5.74, 6) is 0. The highest BCUT2D eigenvalue weighted by atomic mass is 14.8. The van der Waals surface area contributed by atoms with Crippen LogP contribution in [0.1, 0.15) is 197 Å². The zero-order valence-electron chi connectivity index (χ0n) is 68.6. The Hall–Kier alpha value is -9.56. The molecule has 0 atom stereocenters. The molecule has 0 radical (unpaired) electrons. The number of rotatable bonds is 0. The molecule has 11 heterocycles. The van der Waals surface area contributed by atoms with Crippen molar-refractivity contribution in [3.05, 3.63) is 302 Å². The zero-order valence-corrected chi connectivity index (χ0v) is 68.6. The minimum Gasteiger partial charge on any atom is -0.261 e. The molecule has 0 unspecified atom stereocenters. The van der Waals surface area contributed by atoms with Crippen molar-refractivity contribution >= 4 is 0 Å². The molecule has 0 amide bonds. The summed E-state index contributed by atoms with van der Waals surface area (Å²) >= 11 is 0. The normalized spacial score (nSPS) is 9.73. The second-order valence-corrected chi connectivity index (χ2v) is 26.4. The molecule has 0 bridgehead atoms. The fourth-order valence-electron chi connectivity index (χ4n) is 9.13. The summed E-state index contributed by atoms with van der Waals surface area (Å²) in [5.41, 5.74) is 41.7. The Kier molecular flexibility index (Phi) is 40.1. The summed E-state index contributed by atoms with van der Waals surface area (Å²) in [7, 11) is 0. The Morgan fingerprint density at radius 2 is 0.554 bits per heavy atom. The van der Waals surface area contributed by atoms with Gasteiger partial charge in [-0.25, -0.2) is 0 Å². The molecule has 101 heavy (non-hydrogen) atoms. The molecule has 0 saturated carbocycles. The van der Waals surface area contributed by atoms with Crippen molar-refractivity contribution in [3.8, 4) is 0 Å². The topological polar surface area (TPSA) is 180 Å². The third kappa shape index (κ3) is 34.9. The molecule has 11 aromatic heterocycles. The van der Waals surface area contributed by atoms with E-state index in [1.807, 2.05) is 135 Å². The Bertz CT molecular complexity index is 4050. The average molecular weight is 1360 g/mol. The predicted octanol–water partition coefficient (Wildman–Crippen LogP) is 20.9. The van der Waals surface area contributed by atoms with Crippen molar-refractivity contribution in [2.24, 2.45) is 0 Å². The van der Waals surface area contributed by atoms with Gasteiger partial charge in [-0.2, -0.15) is 0 Å². The van der Waals surface area contributed by atoms with Gasteiger partial charge in [-0.1, -0.05) is 12.1 Å². The van der Waals surface area contributed by atoms with Gasteiger partial charge in [0.05, 0.1) is 34.2 Å². The Balaban J connectivity index is 0.000000556. The molecule has 540 valence electrons. The highest BCUT2D eigenvalue weighted by Gasteiger charge is 2.05. The summed E-state index contributed by atoms with van der Waals surface area (Å²) in [6.45, 7) is 71.8. The number of hydrogen-bond acceptors (Lipinski definition) is 14. The summed E-state index contributed by atoms with van der Waals surface area (Å²) < 4.78 is 0. The number of nitrogens with zero attached hydrogens (tertiary/aromatic N) is 14. The second-order valence-electron chi connectivity index (χ2n) is 26.4. The SMILES string of the molecule is Cc1cc(C)c(C)c(C)n1.Cc1cc(C)c(C)cn1.Cc1cc(C)c(C)nc1C.Cc1cc(C)nc(C)c1.Cc1ccnc(C)c1C.Cc1cnc(C)c(C)c1.Cc1cnc(C)c(C)c1C.Cc1cnc(C)cn1.Cc1cncc(C)n1.Cc1nc(C)c(C)c(C)c1C.Cc1nccnc1C. The fourth-order valence-corrected chi connectivity index (χ4v) is 9.13. The van der Waals surface area contributed by atoms with Gasteiger partial charge in [0.1, 0.15) is 0 Å². The van der Waals surface area contributed by atoms with Gasteiger partial charge in [-0.3, -0.25) is 69.8 Å². The van der Waals surface area contributed by atoms with Gasteiger partial charge in [-0.15, -0.1) is 0 Å². The molecule has 0 aliphatic carbocycles. The van der Waals surface area contributed by atoms with Crippen molar-refractivity contribution in [3.63, 3.8) is 0 Å². The molecule has 14 heteroatoms. The van der Waals surface area contributed by atoms with Gasteiger partial charge >= 0.3 is 0 Å². The highest BCUT2D eigenvalue weighted by Crippen LogP contribution is 2.18. The van der Waals surface area contributed by atoms with Crippen LogP contribution in [-0.4, -0.2) is 69.8 Å². The molecule has 0 spiro atoms. The number of aromatic nitrogens is 14. The first kappa shape index (κ1) is 89.5. The third-order valence-electron chi connectivity index (χ3n) is 17.4. The lowest BCUT2D eigenvalue weighted by atomic mass is 10.0. The van der Waals surface area contributed by atoms with E-state index < -0.39 is 0 Å². The van der Waals surface area contributed by atoms with Crippen molar-refractivity contribution in [1.82, 2.24) is 69.8 Å². The third-order valence-corrected chi connectivity index (χ3v) is 17.4. The molecule has 0 N–H and O–H groups in total. The molecule has 0 aromatic carbocycles. The predicted molar refractivity (Wildman–Crippen MR) is 426 cm³/mol. The first-order chi connectivity index (χ1) is 47.1. The van der Waals surface area contributed by atoms with E-state index in [2.05, 4.69) is 245 Å². The molecule has 0 aliphatic heterocycles. The minimum absolute atomic E-state index is 0.968. The maximum Gasteiger partial charge on any atom is 0.0584 e. The molecule has 0 fully saturated rings. The molecule has 0 saturated heterocycles. The van der Waals surface area contributed by atoms with Crippen molar-refractivity contribution < 1.29 is 0 Å². The fraction of sp³-hybridized carbons (Fsp3) is 0.402. The smallest absolute Gasteiger partial charge is 0.0584 e. The lowest BCUT2D eigenvalue weighted by Gasteiger charge is -2.09. The summed E-state index contributed by atoms with van der Waals surface area (Å²) in [5, 5.41) is 0. The van der Waals surface area contributed by atoms with Crippen LogP contribution in [0.3, 0.4) is 0 Å². The Labute approximate surface area is 610 Å². The average Bonchev–Trinajstić information content (AvgIpc) is 0.956. The van der Waals surface area contributed by atoms with Crippen LogP contribution in [0.5, 0.6) is 0 Å². The maximum absolute atomic E-state index is 4.43. The first-order valence-electron chi connectivity index (χ1n) is 34.5. The van der Waals surface area contributed by atoms with E-state index in [4.69, 9.17) is 0 Å². The van der Waals surface area contributed by atoms with Crippen LogP contribution in [0.2, 0.25) is 0 Å². The van der Waals surface area contributed by atoms with Gasteiger partial charge in [0.15, 0.2) is 0 Å². The lowest BCUT2D eigenvalue weighted by molar-refractivity contribution is 1.03. The van der Waals surface area contributed by atoms with E-state index in [0.717, 1.165) is 102 Å². The van der Waals surface area contributed by atoms with Crippen LogP contribution >= 0.6 is 0 Å². The minimum atomic E-state index is 0.968. The molecule has 11 aromatic rings. The lowest BCUT2D eigenvalue weighted by Crippen LogP contribution is -1.98. The van der Waals surface area contributed by atoms with Crippen LogP contribution in [-0.2, 0) is 0 Å². The monoisotopic (exact) mass is 1360 g/mol. The van der Waals surface area contributed by atoms with Crippen molar-refractivity contribution in [1.29, 1.82) is 0 Å². The van der Waals surface area contributed by atoms with E-state index >= 15 is 0 Å². The van der Waals surface area contributed by atoms with Gasteiger partial charge < -0.3 is 0 Å². The van der Waals surface area contributed by atoms with Crippen LogP contribution in [0, 0.1) is 242 Å². The maximum atomic E-state index is 4.43. The quantitative estimate of drug-likeness (QED) is 0.140. The van der Waals surface area contributed by atoms with E-state index in [-0.39, 0.29) is 0 Å².